The van der Waals surface area contributed by atoms with Crippen molar-refractivity contribution >= 4 is 33.2 Å². The molecule has 0 heterocycles. The third-order valence-corrected chi connectivity index (χ3v) is 5.05. The van der Waals surface area contributed by atoms with Crippen LogP contribution >= 0.6 is 23.2 Å². The molecule has 0 amide bonds. The molecule has 2 rings (SSSR count). The van der Waals surface area contributed by atoms with Crippen molar-refractivity contribution in [1.29, 1.82) is 0 Å². The van der Waals surface area contributed by atoms with E-state index in [2.05, 4.69) is 4.72 Å². The van der Waals surface area contributed by atoms with E-state index in [9.17, 15) is 8.42 Å². The van der Waals surface area contributed by atoms with Gasteiger partial charge in [-0.15, -0.1) is 0 Å². The highest BCUT2D eigenvalue weighted by Gasteiger charge is 2.14. The Morgan fingerprint density at radius 3 is 2.41 bits per heavy atom. The summed E-state index contributed by atoms with van der Waals surface area (Å²) in [7, 11) is -3.57. The van der Waals surface area contributed by atoms with Crippen molar-refractivity contribution in [1.82, 2.24) is 4.72 Å². The summed E-state index contributed by atoms with van der Waals surface area (Å²) in [6, 6.07) is 11.4. The summed E-state index contributed by atoms with van der Waals surface area (Å²) >= 11 is 11.7. The zero-order valence-corrected chi connectivity index (χ0v) is 14.2. The van der Waals surface area contributed by atoms with Gasteiger partial charge in [-0.1, -0.05) is 23.2 Å². The first-order valence-corrected chi connectivity index (χ1v) is 8.76. The molecular weight excluding hydrogens is 345 g/mol. The average molecular weight is 360 g/mol. The quantitative estimate of drug-likeness (QED) is 0.800. The fraction of sp³-hybridized carbons (Fsp3) is 0.200. The number of rotatable bonds is 6. The first-order valence-electron chi connectivity index (χ1n) is 6.53. The number of hydrogen-bond donors (Lipinski definition) is 1. The first-order chi connectivity index (χ1) is 10.4. The van der Waals surface area contributed by atoms with Crippen molar-refractivity contribution in [3.05, 3.63) is 58.1 Å². The summed E-state index contributed by atoms with van der Waals surface area (Å²) < 4.78 is 32.2. The van der Waals surface area contributed by atoms with Crippen LogP contribution in [0.3, 0.4) is 0 Å². The van der Waals surface area contributed by atoms with Crippen LogP contribution in [0.15, 0.2) is 47.4 Å². The fourth-order valence-corrected chi connectivity index (χ4v) is 3.08. The first kappa shape index (κ1) is 17.1. The van der Waals surface area contributed by atoms with E-state index in [-0.39, 0.29) is 18.0 Å². The van der Waals surface area contributed by atoms with Gasteiger partial charge in [0.2, 0.25) is 10.0 Å². The summed E-state index contributed by atoms with van der Waals surface area (Å²) in [6.07, 6.45) is 0. The van der Waals surface area contributed by atoms with Crippen molar-refractivity contribution in [2.45, 2.75) is 11.8 Å². The summed E-state index contributed by atoms with van der Waals surface area (Å²) in [5, 5.41) is 1.15. The van der Waals surface area contributed by atoms with Gasteiger partial charge >= 0.3 is 0 Å². The number of nitrogens with one attached hydrogen (secondary N) is 1. The Kier molecular flexibility index (Phi) is 5.69. The molecule has 1 N–H and O–H groups in total. The lowest BCUT2D eigenvalue weighted by Crippen LogP contribution is -2.28. The van der Waals surface area contributed by atoms with E-state index in [1.165, 1.54) is 12.1 Å². The molecule has 2 aromatic rings. The van der Waals surface area contributed by atoms with E-state index >= 15 is 0 Å². The van der Waals surface area contributed by atoms with Crippen molar-refractivity contribution in [3.63, 3.8) is 0 Å². The molecule has 0 unspecified atom stereocenters. The summed E-state index contributed by atoms with van der Waals surface area (Å²) in [6.45, 7) is 2.13. The Balaban J connectivity index is 1.89. The van der Waals surface area contributed by atoms with Crippen LogP contribution in [0.2, 0.25) is 10.0 Å². The molecule has 0 aliphatic rings. The lowest BCUT2D eigenvalue weighted by Gasteiger charge is -2.09. The van der Waals surface area contributed by atoms with Gasteiger partial charge in [-0.05, 0) is 55.0 Å². The van der Waals surface area contributed by atoms with E-state index in [1.54, 1.807) is 37.3 Å². The minimum atomic E-state index is -3.57. The summed E-state index contributed by atoms with van der Waals surface area (Å²) in [4.78, 5) is 0.181. The molecule has 0 aliphatic carbocycles. The maximum absolute atomic E-state index is 12.1. The smallest absolute Gasteiger partial charge is 0.240 e. The van der Waals surface area contributed by atoms with Crippen LogP contribution in [0.25, 0.3) is 0 Å². The fourth-order valence-electron chi connectivity index (χ4n) is 1.74. The van der Waals surface area contributed by atoms with E-state index < -0.39 is 10.0 Å². The number of sulfonamides is 1. The molecule has 0 atom stereocenters. The van der Waals surface area contributed by atoms with E-state index in [1.807, 2.05) is 0 Å². The molecule has 0 spiro atoms. The van der Waals surface area contributed by atoms with Crippen molar-refractivity contribution in [2.75, 3.05) is 13.2 Å². The maximum atomic E-state index is 12.1. The van der Waals surface area contributed by atoms with Crippen molar-refractivity contribution in [3.8, 4) is 5.75 Å². The Bertz CT molecular complexity index is 746. The minimum Gasteiger partial charge on any atom is -0.492 e. The van der Waals surface area contributed by atoms with Crippen molar-refractivity contribution in [2.24, 2.45) is 0 Å². The summed E-state index contributed by atoms with van der Waals surface area (Å²) in [5.41, 5.74) is 0.710. The summed E-state index contributed by atoms with van der Waals surface area (Å²) in [5.74, 6) is 0.630. The molecular formula is C15H15Cl2NO3S. The Hall–Kier alpha value is -1.27. The number of halogens is 2. The van der Waals surface area contributed by atoms with Gasteiger partial charge in [-0.2, -0.15) is 0 Å². The molecule has 7 heteroatoms. The zero-order valence-electron chi connectivity index (χ0n) is 11.8. The minimum absolute atomic E-state index is 0.159. The van der Waals surface area contributed by atoms with Gasteiger partial charge in [0.25, 0.3) is 0 Å². The molecule has 2 aromatic carbocycles. The normalized spacial score (nSPS) is 11.4. The Morgan fingerprint density at radius 2 is 1.77 bits per heavy atom. The molecule has 0 fully saturated rings. The molecule has 0 saturated heterocycles. The van der Waals surface area contributed by atoms with Gasteiger partial charge in [-0.3, -0.25) is 0 Å². The van der Waals surface area contributed by atoms with Gasteiger partial charge in [0, 0.05) is 16.6 Å². The molecule has 0 saturated carbocycles. The molecule has 0 bridgehead atoms. The van der Waals surface area contributed by atoms with E-state index in [0.717, 1.165) is 0 Å². The topological polar surface area (TPSA) is 55.4 Å². The molecule has 0 aliphatic heterocycles. The monoisotopic (exact) mass is 359 g/mol. The number of ether oxygens (including phenoxy) is 1. The maximum Gasteiger partial charge on any atom is 0.240 e. The third kappa shape index (κ3) is 4.61. The van der Waals surface area contributed by atoms with Crippen LogP contribution < -0.4 is 9.46 Å². The highest BCUT2D eigenvalue weighted by molar-refractivity contribution is 7.89. The Morgan fingerprint density at radius 1 is 1.09 bits per heavy atom. The number of benzene rings is 2. The predicted octanol–water partition coefficient (Wildman–Crippen LogP) is 3.66. The van der Waals surface area contributed by atoms with Gasteiger partial charge in [-0.25, -0.2) is 13.1 Å². The third-order valence-electron chi connectivity index (χ3n) is 2.92. The van der Waals surface area contributed by atoms with Gasteiger partial charge in [0.15, 0.2) is 0 Å². The molecule has 4 nitrogen and oxygen atoms in total. The Labute approximate surface area is 140 Å². The van der Waals surface area contributed by atoms with E-state index in [0.29, 0.717) is 21.4 Å². The van der Waals surface area contributed by atoms with Gasteiger partial charge in [0.05, 0.1) is 4.90 Å². The van der Waals surface area contributed by atoms with Crippen LogP contribution in [0.4, 0.5) is 0 Å². The number of hydrogen-bond acceptors (Lipinski definition) is 3. The van der Waals surface area contributed by atoms with Crippen LogP contribution in [-0.4, -0.2) is 21.6 Å². The van der Waals surface area contributed by atoms with Crippen LogP contribution in [0.5, 0.6) is 5.75 Å². The molecule has 22 heavy (non-hydrogen) atoms. The standard InChI is InChI=1S/C15H15Cl2NO3S/c1-11-10-14(6-7-15(11)17)22(19,20)18-8-9-21-13-4-2-12(16)3-5-13/h2-7,10,18H,8-9H2,1H3. The zero-order chi connectivity index (χ0) is 16.2. The molecule has 0 aromatic heterocycles. The van der Waals surface area contributed by atoms with Crippen LogP contribution in [-0.2, 0) is 10.0 Å². The second kappa shape index (κ2) is 7.33. The SMILES string of the molecule is Cc1cc(S(=O)(=O)NCCOc2ccc(Cl)cc2)ccc1Cl. The highest BCUT2D eigenvalue weighted by atomic mass is 35.5. The lowest BCUT2D eigenvalue weighted by molar-refractivity contribution is 0.323. The lowest BCUT2D eigenvalue weighted by atomic mass is 10.2. The number of aryl methyl sites for hydroxylation is 1. The average Bonchev–Trinajstić information content (AvgIpc) is 2.48. The van der Waals surface area contributed by atoms with E-state index in [4.69, 9.17) is 27.9 Å². The largest absolute Gasteiger partial charge is 0.492 e. The van der Waals surface area contributed by atoms with Crippen molar-refractivity contribution < 1.29 is 13.2 Å². The predicted molar refractivity (Wildman–Crippen MR) is 88.3 cm³/mol. The van der Waals surface area contributed by atoms with Crippen LogP contribution in [0, 0.1) is 6.92 Å². The highest BCUT2D eigenvalue weighted by Crippen LogP contribution is 2.19. The van der Waals surface area contributed by atoms with Gasteiger partial charge in [0.1, 0.15) is 12.4 Å². The second-order valence-corrected chi connectivity index (χ2v) is 7.22. The van der Waals surface area contributed by atoms with Crippen LogP contribution in [0.1, 0.15) is 5.56 Å². The molecule has 118 valence electrons. The molecule has 0 radical (unpaired) electrons. The second-order valence-electron chi connectivity index (χ2n) is 4.61. The van der Waals surface area contributed by atoms with Gasteiger partial charge < -0.3 is 4.74 Å².